The molecule has 4 unspecified atom stereocenters. The highest BCUT2D eigenvalue weighted by atomic mass is 16.2. The summed E-state index contributed by atoms with van der Waals surface area (Å²) in [4.78, 5) is 15.5. The van der Waals surface area contributed by atoms with Crippen molar-refractivity contribution in [3.05, 3.63) is 0 Å². The van der Waals surface area contributed by atoms with Crippen molar-refractivity contribution < 1.29 is 4.79 Å². The van der Waals surface area contributed by atoms with Crippen LogP contribution in [0.3, 0.4) is 0 Å². The van der Waals surface area contributed by atoms with Gasteiger partial charge in [0.2, 0.25) is 5.91 Å². The summed E-state index contributed by atoms with van der Waals surface area (Å²) < 4.78 is 0. The van der Waals surface area contributed by atoms with Crippen LogP contribution >= 0.6 is 0 Å². The van der Waals surface area contributed by atoms with E-state index in [-0.39, 0.29) is 11.6 Å². The lowest BCUT2D eigenvalue weighted by Crippen LogP contribution is -2.61. The van der Waals surface area contributed by atoms with Crippen molar-refractivity contribution in [1.82, 2.24) is 10.2 Å². The van der Waals surface area contributed by atoms with E-state index < -0.39 is 0 Å². The van der Waals surface area contributed by atoms with Gasteiger partial charge in [-0.3, -0.25) is 10.1 Å². The van der Waals surface area contributed by atoms with Crippen molar-refractivity contribution in [2.24, 2.45) is 23.5 Å². The number of nitrogens with one attached hydrogen (secondary N) is 1. The molecule has 1 aliphatic heterocycles. The Morgan fingerprint density at radius 3 is 2.30 bits per heavy atom. The molecule has 0 aromatic rings. The fraction of sp³-hybridized carbons (Fsp3) is 0.957. The van der Waals surface area contributed by atoms with E-state index >= 15 is 0 Å². The summed E-state index contributed by atoms with van der Waals surface area (Å²) in [6.45, 7) is 2.47. The third-order valence-electron chi connectivity index (χ3n) is 8.84. The highest BCUT2D eigenvalue weighted by Gasteiger charge is 2.57. The maximum atomic E-state index is 13.4. The SMILES string of the molecule is CC1CCCC2CC(C(=O)N(C)[C@H]3CC[C@H](N)CC3)NC12C1CCCCC1. The standard InChI is InChI=1S/C23H41N3O/c1-16-7-6-10-18-15-21(25-23(16,18)17-8-4-3-5-9-17)22(27)26(2)20-13-11-19(24)12-14-20/h16-21,25H,3-15,24H2,1-2H3/t16?,18?,19-,20-,21?,23?. The molecule has 0 aromatic heterocycles. The molecule has 0 bridgehead atoms. The number of nitrogens with zero attached hydrogens (tertiary/aromatic N) is 1. The van der Waals surface area contributed by atoms with Gasteiger partial charge in [0.05, 0.1) is 6.04 Å². The van der Waals surface area contributed by atoms with E-state index in [1.54, 1.807) is 0 Å². The second-order valence-electron chi connectivity index (χ2n) is 10.2. The van der Waals surface area contributed by atoms with Gasteiger partial charge in [0.25, 0.3) is 0 Å². The van der Waals surface area contributed by atoms with E-state index in [0.29, 0.717) is 29.8 Å². The van der Waals surface area contributed by atoms with Gasteiger partial charge < -0.3 is 10.6 Å². The summed E-state index contributed by atoms with van der Waals surface area (Å²) in [5.74, 6) is 2.54. The average Bonchev–Trinajstić information content (AvgIpc) is 3.10. The lowest BCUT2D eigenvalue weighted by Gasteiger charge is -2.51. The Morgan fingerprint density at radius 1 is 0.926 bits per heavy atom. The highest BCUT2D eigenvalue weighted by molar-refractivity contribution is 5.82. The van der Waals surface area contributed by atoms with Gasteiger partial charge in [0.15, 0.2) is 0 Å². The van der Waals surface area contributed by atoms with Crippen LogP contribution in [0.5, 0.6) is 0 Å². The number of rotatable bonds is 3. The molecule has 3 saturated carbocycles. The van der Waals surface area contributed by atoms with E-state index in [2.05, 4.69) is 17.1 Å². The molecule has 4 heteroatoms. The number of hydrogen-bond acceptors (Lipinski definition) is 3. The molecular formula is C23H41N3O. The van der Waals surface area contributed by atoms with Crippen molar-refractivity contribution in [2.45, 2.75) is 114 Å². The number of carbonyl (C=O) groups excluding carboxylic acids is 1. The summed E-state index contributed by atoms with van der Waals surface area (Å²) in [6.07, 6.45) is 16.2. The third kappa shape index (κ3) is 3.57. The second kappa shape index (κ2) is 8.02. The van der Waals surface area contributed by atoms with Crippen molar-refractivity contribution >= 4 is 5.91 Å². The van der Waals surface area contributed by atoms with Crippen LogP contribution < -0.4 is 11.1 Å². The van der Waals surface area contributed by atoms with Crippen molar-refractivity contribution in [3.8, 4) is 0 Å². The third-order valence-corrected chi connectivity index (χ3v) is 8.84. The van der Waals surface area contributed by atoms with Crippen LogP contribution in [0.4, 0.5) is 0 Å². The minimum Gasteiger partial charge on any atom is -0.341 e. The van der Waals surface area contributed by atoms with Gasteiger partial charge in [0, 0.05) is 24.7 Å². The molecule has 0 spiro atoms. The quantitative estimate of drug-likeness (QED) is 0.788. The first kappa shape index (κ1) is 19.7. The topological polar surface area (TPSA) is 58.4 Å². The highest BCUT2D eigenvalue weighted by Crippen LogP contribution is 2.52. The number of amides is 1. The second-order valence-corrected chi connectivity index (χ2v) is 10.2. The average molecular weight is 376 g/mol. The van der Waals surface area contributed by atoms with E-state index in [9.17, 15) is 4.79 Å². The van der Waals surface area contributed by atoms with Gasteiger partial charge in [-0.05, 0) is 75.5 Å². The molecule has 27 heavy (non-hydrogen) atoms. The molecule has 3 N–H and O–H groups in total. The first-order valence-corrected chi connectivity index (χ1v) is 11.8. The lowest BCUT2D eigenvalue weighted by molar-refractivity contribution is -0.135. The lowest BCUT2D eigenvalue weighted by atomic mass is 9.59. The summed E-state index contributed by atoms with van der Waals surface area (Å²) in [6, 6.07) is 0.774. The smallest absolute Gasteiger partial charge is 0.239 e. The van der Waals surface area contributed by atoms with Gasteiger partial charge in [-0.25, -0.2) is 0 Å². The number of nitrogens with two attached hydrogens (primary N) is 1. The van der Waals surface area contributed by atoms with Crippen molar-refractivity contribution in [2.75, 3.05) is 7.05 Å². The first-order chi connectivity index (χ1) is 13.0. The minimum atomic E-state index is 0.0399. The molecule has 0 radical (unpaired) electrons. The van der Waals surface area contributed by atoms with Crippen molar-refractivity contribution in [1.29, 1.82) is 0 Å². The summed E-state index contributed by atoms with van der Waals surface area (Å²) >= 11 is 0. The molecule has 1 heterocycles. The Kier molecular flexibility index (Phi) is 5.85. The molecule has 0 aromatic carbocycles. The van der Waals surface area contributed by atoms with E-state index in [4.69, 9.17) is 5.73 Å². The molecule has 4 aliphatic rings. The predicted molar refractivity (Wildman–Crippen MR) is 110 cm³/mol. The number of likely N-dealkylation sites (N-methyl/N-ethyl adjacent to an activating group) is 1. The monoisotopic (exact) mass is 375 g/mol. The zero-order chi connectivity index (χ0) is 19.0. The van der Waals surface area contributed by atoms with Gasteiger partial charge >= 0.3 is 0 Å². The predicted octanol–water partition coefficient (Wildman–Crippen LogP) is 3.83. The molecule has 154 valence electrons. The molecule has 4 atom stereocenters. The summed E-state index contributed by atoms with van der Waals surface area (Å²) in [5.41, 5.74) is 6.31. The molecule has 1 saturated heterocycles. The largest absolute Gasteiger partial charge is 0.341 e. The van der Waals surface area contributed by atoms with E-state index in [0.717, 1.165) is 38.0 Å². The van der Waals surface area contributed by atoms with E-state index in [1.807, 2.05) is 7.05 Å². The number of carbonyl (C=O) groups is 1. The zero-order valence-electron chi connectivity index (χ0n) is 17.6. The molecule has 4 rings (SSSR count). The van der Waals surface area contributed by atoms with Crippen LogP contribution in [0, 0.1) is 17.8 Å². The van der Waals surface area contributed by atoms with Gasteiger partial charge in [0.1, 0.15) is 0 Å². The van der Waals surface area contributed by atoms with Crippen LogP contribution in [-0.4, -0.2) is 41.5 Å². The van der Waals surface area contributed by atoms with Gasteiger partial charge in [-0.1, -0.05) is 32.6 Å². The Hall–Kier alpha value is -0.610. The molecule has 1 amide bonds. The zero-order valence-corrected chi connectivity index (χ0v) is 17.6. The first-order valence-electron chi connectivity index (χ1n) is 11.8. The Morgan fingerprint density at radius 2 is 1.59 bits per heavy atom. The Bertz CT molecular complexity index is 524. The summed E-state index contributed by atoms with van der Waals surface area (Å²) in [7, 11) is 2.05. The maximum Gasteiger partial charge on any atom is 0.239 e. The molecule has 4 fully saturated rings. The van der Waals surface area contributed by atoms with Crippen LogP contribution in [0.1, 0.15) is 90.4 Å². The van der Waals surface area contributed by atoms with Crippen LogP contribution in [0.15, 0.2) is 0 Å². The maximum absolute atomic E-state index is 13.4. The fourth-order valence-corrected chi connectivity index (χ4v) is 7.28. The number of hydrogen-bond donors (Lipinski definition) is 2. The molecule has 4 nitrogen and oxygen atoms in total. The van der Waals surface area contributed by atoms with E-state index in [1.165, 1.54) is 51.4 Å². The van der Waals surface area contributed by atoms with Gasteiger partial charge in [-0.2, -0.15) is 0 Å². The fourth-order valence-electron chi connectivity index (χ4n) is 7.28. The van der Waals surface area contributed by atoms with Crippen molar-refractivity contribution in [3.63, 3.8) is 0 Å². The normalized spacial score (nSPS) is 43.3. The van der Waals surface area contributed by atoms with Crippen LogP contribution in [0.2, 0.25) is 0 Å². The van der Waals surface area contributed by atoms with Crippen LogP contribution in [-0.2, 0) is 4.79 Å². The Balaban J connectivity index is 1.49. The van der Waals surface area contributed by atoms with Gasteiger partial charge in [-0.15, -0.1) is 0 Å². The minimum absolute atomic E-state index is 0.0399. The van der Waals surface area contributed by atoms with Crippen LogP contribution in [0.25, 0.3) is 0 Å². The molecule has 3 aliphatic carbocycles. The number of fused-ring (bicyclic) bond motifs is 1. The summed E-state index contributed by atoms with van der Waals surface area (Å²) in [5, 5.41) is 4.04. The Labute approximate surface area is 166 Å². The molecular weight excluding hydrogens is 334 g/mol.